The Balaban J connectivity index is 1.03. The molecule has 8 aromatic carbocycles. The van der Waals surface area contributed by atoms with Crippen molar-refractivity contribution in [2.75, 3.05) is 4.90 Å². The van der Waals surface area contributed by atoms with E-state index in [0.29, 0.717) is 0 Å². The summed E-state index contributed by atoms with van der Waals surface area (Å²) in [6, 6.07) is 58.2. The average Bonchev–Trinajstić information content (AvgIpc) is 3.94. The van der Waals surface area contributed by atoms with Crippen LogP contribution in [0.25, 0.3) is 88.1 Å². The monoisotopic (exact) mass is 707 g/mol. The first-order valence-electron chi connectivity index (χ1n) is 18.8. The summed E-state index contributed by atoms with van der Waals surface area (Å²) in [6.07, 6.45) is 0. The van der Waals surface area contributed by atoms with Gasteiger partial charge in [0.25, 0.3) is 0 Å². The predicted molar refractivity (Wildman–Crippen MR) is 226 cm³/mol. The SMILES string of the molecule is CC1(C)c2ccccc2-c2ccc(N(c3ccc4c(c3)oc3cc5c(cc34)oc3cc(-c4ccccc4)ccc35)c3ccc4oc5ccccc5c4c3)cc21. The Labute approximate surface area is 316 Å². The number of para-hydroxylation sites is 1. The van der Waals surface area contributed by atoms with E-state index in [-0.39, 0.29) is 5.41 Å². The van der Waals surface area contributed by atoms with Crippen molar-refractivity contribution < 1.29 is 13.3 Å². The standard InChI is InChI=1S/C51H33NO3/c1-51(2)43-14-8-6-12-35(43)36-21-17-33(26-44(36)51)52(32-19-23-46-40(25-32)37-13-7-9-15-45(37)53-46)34-18-22-39-42-29-49-41(28-50(42)55-48(39)27-34)38-20-16-31(24-47(38)54-49)30-10-4-3-5-11-30/h3-29H,1-2H3. The first-order valence-corrected chi connectivity index (χ1v) is 18.8. The quantitative estimate of drug-likeness (QED) is 0.183. The molecule has 0 aliphatic heterocycles. The summed E-state index contributed by atoms with van der Waals surface area (Å²) in [5, 5.41) is 6.39. The molecule has 0 saturated heterocycles. The number of hydrogen-bond donors (Lipinski definition) is 0. The van der Waals surface area contributed by atoms with Crippen LogP contribution in [0.2, 0.25) is 0 Å². The largest absolute Gasteiger partial charge is 0.456 e. The summed E-state index contributed by atoms with van der Waals surface area (Å²) in [5.74, 6) is 0. The van der Waals surface area contributed by atoms with E-state index in [9.17, 15) is 0 Å². The van der Waals surface area contributed by atoms with E-state index in [2.05, 4.69) is 164 Å². The van der Waals surface area contributed by atoms with Gasteiger partial charge in [0.05, 0.1) is 0 Å². The van der Waals surface area contributed by atoms with Crippen LogP contribution in [0, 0.1) is 0 Å². The van der Waals surface area contributed by atoms with Crippen molar-refractivity contribution in [1.29, 1.82) is 0 Å². The number of rotatable bonds is 4. The summed E-state index contributed by atoms with van der Waals surface area (Å²) >= 11 is 0. The van der Waals surface area contributed by atoms with Gasteiger partial charge in [0.1, 0.15) is 33.5 Å². The lowest BCUT2D eigenvalue weighted by Gasteiger charge is -2.28. The molecule has 1 aliphatic rings. The van der Waals surface area contributed by atoms with Crippen LogP contribution in [0.15, 0.2) is 177 Å². The fourth-order valence-electron chi connectivity index (χ4n) is 9.11. The number of anilines is 3. The van der Waals surface area contributed by atoms with Crippen molar-refractivity contribution in [2.24, 2.45) is 0 Å². The number of fused-ring (bicyclic) bond motifs is 12. The average molecular weight is 708 g/mol. The summed E-state index contributed by atoms with van der Waals surface area (Å²) < 4.78 is 19.5. The molecule has 0 spiro atoms. The van der Waals surface area contributed by atoms with E-state index in [4.69, 9.17) is 13.3 Å². The van der Waals surface area contributed by atoms with Crippen molar-refractivity contribution in [3.8, 4) is 22.3 Å². The van der Waals surface area contributed by atoms with Crippen molar-refractivity contribution in [3.05, 3.63) is 175 Å². The molecule has 1 aliphatic carbocycles. The van der Waals surface area contributed by atoms with E-state index in [1.54, 1.807) is 0 Å². The molecule has 4 heteroatoms. The maximum atomic E-state index is 6.72. The molecular formula is C51H33NO3. The second-order valence-electron chi connectivity index (χ2n) is 15.3. The normalized spacial score (nSPS) is 13.4. The fourth-order valence-corrected chi connectivity index (χ4v) is 9.11. The molecule has 260 valence electrons. The lowest BCUT2D eigenvalue weighted by molar-refractivity contribution is 0.660. The highest BCUT2D eigenvalue weighted by molar-refractivity contribution is 6.15. The minimum atomic E-state index is -0.134. The third kappa shape index (κ3) is 4.40. The van der Waals surface area contributed by atoms with Crippen LogP contribution in [-0.4, -0.2) is 0 Å². The van der Waals surface area contributed by atoms with E-state index in [1.165, 1.54) is 27.8 Å². The molecule has 11 aromatic rings. The molecule has 3 heterocycles. The molecule has 55 heavy (non-hydrogen) atoms. The fraction of sp³-hybridized carbons (Fsp3) is 0.0588. The van der Waals surface area contributed by atoms with E-state index >= 15 is 0 Å². The minimum Gasteiger partial charge on any atom is -0.456 e. The zero-order valence-corrected chi connectivity index (χ0v) is 30.3. The predicted octanol–water partition coefficient (Wildman–Crippen LogP) is 14.8. The summed E-state index contributed by atoms with van der Waals surface area (Å²) in [5.41, 5.74) is 15.7. The molecule has 12 rings (SSSR count). The first-order chi connectivity index (χ1) is 27.0. The second-order valence-corrected chi connectivity index (χ2v) is 15.3. The first kappa shape index (κ1) is 30.4. The molecule has 4 nitrogen and oxygen atoms in total. The minimum absolute atomic E-state index is 0.134. The Morgan fingerprint density at radius 3 is 1.73 bits per heavy atom. The molecule has 0 N–H and O–H groups in total. The van der Waals surface area contributed by atoms with Crippen molar-refractivity contribution in [1.82, 2.24) is 0 Å². The number of furan rings is 3. The van der Waals surface area contributed by atoms with Crippen molar-refractivity contribution in [2.45, 2.75) is 19.3 Å². The Bertz CT molecular complexity index is 3360. The van der Waals surface area contributed by atoms with Gasteiger partial charge in [-0.2, -0.15) is 0 Å². The van der Waals surface area contributed by atoms with Crippen molar-refractivity contribution in [3.63, 3.8) is 0 Å². The Hall–Kier alpha value is -7.04. The van der Waals surface area contributed by atoms with Crippen LogP contribution in [-0.2, 0) is 5.41 Å². The molecule has 3 aromatic heterocycles. The van der Waals surface area contributed by atoms with Crippen LogP contribution >= 0.6 is 0 Å². The van der Waals surface area contributed by atoms with Crippen LogP contribution < -0.4 is 4.90 Å². The zero-order chi connectivity index (χ0) is 36.4. The van der Waals surface area contributed by atoms with E-state index in [1.807, 2.05) is 18.2 Å². The zero-order valence-electron chi connectivity index (χ0n) is 30.3. The number of hydrogen-bond acceptors (Lipinski definition) is 4. The lowest BCUT2D eigenvalue weighted by Crippen LogP contribution is -2.16. The van der Waals surface area contributed by atoms with Gasteiger partial charge in [-0.1, -0.05) is 98.8 Å². The highest BCUT2D eigenvalue weighted by atomic mass is 16.3. The third-order valence-electron chi connectivity index (χ3n) is 11.9. The number of benzene rings is 8. The molecule has 0 unspecified atom stereocenters. The van der Waals surface area contributed by atoms with Crippen LogP contribution in [0.3, 0.4) is 0 Å². The van der Waals surface area contributed by atoms with Crippen LogP contribution in [0.5, 0.6) is 0 Å². The van der Waals surface area contributed by atoms with E-state index in [0.717, 1.165) is 88.4 Å². The second kappa shape index (κ2) is 11.0. The molecular weight excluding hydrogens is 675 g/mol. The Kier molecular flexibility index (Phi) is 6.09. The number of nitrogens with zero attached hydrogens (tertiary/aromatic N) is 1. The topological polar surface area (TPSA) is 42.7 Å². The molecule has 0 radical (unpaired) electrons. The third-order valence-corrected chi connectivity index (χ3v) is 11.9. The van der Waals surface area contributed by atoms with Gasteiger partial charge in [0.15, 0.2) is 0 Å². The van der Waals surface area contributed by atoms with Gasteiger partial charge in [0, 0.05) is 60.9 Å². The molecule has 0 bridgehead atoms. The van der Waals surface area contributed by atoms with Gasteiger partial charge < -0.3 is 18.2 Å². The summed E-state index contributed by atoms with van der Waals surface area (Å²) in [6.45, 7) is 4.66. The molecule has 0 amide bonds. The van der Waals surface area contributed by atoms with Gasteiger partial charge in [-0.25, -0.2) is 0 Å². The van der Waals surface area contributed by atoms with Crippen molar-refractivity contribution >= 4 is 82.9 Å². The van der Waals surface area contributed by atoms with Gasteiger partial charge in [-0.3, -0.25) is 0 Å². The maximum Gasteiger partial charge on any atom is 0.137 e. The lowest BCUT2D eigenvalue weighted by atomic mass is 9.82. The molecule has 0 atom stereocenters. The molecule has 0 fully saturated rings. The molecule has 0 saturated carbocycles. The highest BCUT2D eigenvalue weighted by Crippen LogP contribution is 2.51. The maximum absolute atomic E-state index is 6.72. The highest BCUT2D eigenvalue weighted by Gasteiger charge is 2.35. The summed E-state index contributed by atoms with van der Waals surface area (Å²) in [4.78, 5) is 2.34. The smallest absolute Gasteiger partial charge is 0.137 e. The van der Waals surface area contributed by atoms with Crippen LogP contribution in [0.1, 0.15) is 25.0 Å². The van der Waals surface area contributed by atoms with E-state index < -0.39 is 0 Å². The van der Waals surface area contributed by atoms with Gasteiger partial charge in [-0.15, -0.1) is 0 Å². The van der Waals surface area contributed by atoms with Gasteiger partial charge in [-0.05, 0) is 106 Å². The van der Waals surface area contributed by atoms with Gasteiger partial charge in [0.2, 0.25) is 0 Å². The van der Waals surface area contributed by atoms with Gasteiger partial charge >= 0.3 is 0 Å². The Morgan fingerprint density at radius 1 is 0.345 bits per heavy atom. The summed E-state index contributed by atoms with van der Waals surface area (Å²) in [7, 11) is 0. The van der Waals surface area contributed by atoms with Crippen LogP contribution in [0.4, 0.5) is 17.1 Å². The Morgan fingerprint density at radius 2 is 0.891 bits per heavy atom.